The summed E-state index contributed by atoms with van der Waals surface area (Å²) in [7, 11) is 1.57. The molecule has 1 heterocycles. The first-order chi connectivity index (χ1) is 4.86. The fraction of sp³-hybridized carbons (Fsp3) is 0.167. The van der Waals surface area contributed by atoms with E-state index in [1.807, 2.05) is 0 Å². The molecule has 10 heavy (non-hydrogen) atoms. The fourth-order valence-corrected chi connectivity index (χ4v) is 0.662. The molecular formula is C6H8BNO2. The molecule has 0 aliphatic carbocycles. The summed E-state index contributed by atoms with van der Waals surface area (Å²) in [5.41, 5.74) is 0.763. The molecule has 3 nitrogen and oxygen atoms in total. The third kappa shape index (κ3) is 1.48. The Morgan fingerprint density at radius 1 is 1.60 bits per heavy atom. The monoisotopic (exact) mass is 137 g/mol. The first-order valence-electron chi connectivity index (χ1n) is 2.95. The Morgan fingerprint density at radius 2 is 2.40 bits per heavy atom. The number of nitrogens with zero attached hydrogens (tertiary/aromatic N) is 1. The highest BCUT2D eigenvalue weighted by Crippen LogP contribution is 2.01. The molecule has 0 unspecified atom stereocenters. The van der Waals surface area contributed by atoms with Crippen LogP contribution in [0.2, 0.25) is 0 Å². The van der Waals surface area contributed by atoms with Crippen LogP contribution in [0.15, 0.2) is 18.5 Å². The van der Waals surface area contributed by atoms with Gasteiger partial charge in [-0.3, -0.25) is 4.98 Å². The zero-order valence-corrected chi connectivity index (χ0v) is 5.74. The molecule has 1 rings (SSSR count). The lowest BCUT2D eigenvalue weighted by Crippen LogP contribution is -2.13. The third-order valence-corrected chi connectivity index (χ3v) is 1.19. The van der Waals surface area contributed by atoms with Crippen LogP contribution in [0.3, 0.4) is 0 Å². The van der Waals surface area contributed by atoms with Crippen molar-refractivity contribution in [2.24, 2.45) is 0 Å². The van der Waals surface area contributed by atoms with E-state index in [0.29, 0.717) is 5.75 Å². The van der Waals surface area contributed by atoms with Gasteiger partial charge in [0.05, 0.1) is 13.3 Å². The first kappa shape index (κ1) is 7.09. The minimum atomic E-state index is 0.00417. The van der Waals surface area contributed by atoms with Crippen molar-refractivity contribution >= 4 is 12.9 Å². The van der Waals surface area contributed by atoms with Crippen LogP contribution in [0.25, 0.3) is 0 Å². The number of hydrogen-bond donors (Lipinski definition) is 1. The zero-order chi connectivity index (χ0) is 7.40. The molecule has 0 bridgehead atoms. The van der Waals surface area contributed by atoms with Gasteiger partial charge in [0.2, 0.25) is 0 Å². The van der Waals surface area contributed by atoms with Gasteiger partial charge in [0.25, 0.3) is 0 Å². The van der Waals surface area contributed by atoms with Crippen molar-refractivity contribution in [2.75, 3.05) is 7.11 Å². The van der Waals surface area contributed by atoms with Gasteiger partial charge < -0.3 is 9.76 Å². The number of hydrogen-bond acceptors (Lipinski definition) is 3. The maximum absolute atomic E-state index is 8.66. The van der Waals surface area contributed by atoms with E-state index in [-0.39, 0.29) is 7.48 Å². The maximum Gasteiger partial charge on any atom is 0.306 e. The Labute approximate surface area is 59.9 Å². The van der Waals surface area contributed by atoms with E-state index in [4.69, 9.17) is 9.76 Å². The number of aromatic nitrogens is 1. The molecule has 1 N–H and O–H groups in total. The van der Waals surface area contributed by atoms with Gasteiger partial charge in [-0.05, 0) is 11.5 Å². The minimum Gasteiger partial charge on any atom is -0.495 e. The van der Waals surface area contributed by atoms with Crippen molar-refractivity contribution < 1.29 is 9.76 Å². The number of methoxy groups -OCH3 is 1. The number of pyridine rings is 1. The van der Waals surface area contributed by atoms with Gasteiger partial charge in [-0.2, -0.15) is 0 Å². The second kappa shape index (κ2) is 3.22. The number of rotatable bonds is 2. The van der Waals surface area contributed by atoms with Crippen LogP contribution in [0.4, 0.5) is 0 Å². The smallest absolute Gasteiger partial charge is 0.306 e. The van der Waals surface area contributed by atoms with Crippen LogP contribution in [0.1, 0.15) is 0 Å². The van der Waals surface area contributed by atoms with Gasteiger partial charge in [0.15, 0.2) is 0 Å². The van der Waals surface area contributed by atoms with Crippen molar-refractivity contribution in [3.05, 3.63) is 18.5 Å². The molecule has 4 heteroatoms. The van der Waals surface area contributed by atoms with Gasteiger partial charge in [0, 0.05) is 6.20 Å². The van der Waals surface area contributed by atoms with E-state index in [9.17, 15) is 0 Å². The number of ether oxygens (including phenoxy) is 1. The Bertz CT molecular complexity index is 197. The molecule has 52 valence electrons. The quantitative estimate of drug-likeness (QED) is 0.535. The molecule has 0 saturated heterocycles. The molecule has 1 aromatic rings. The van der Waals surface area contributed by atoms with Crippen molar-refractivity contribution in [1.29, 1.82) is 0 Å². The van der Waals surface area contributed by atoms with E-state index < -0.39 is 0 Å². The second-order valence-electron chi connectivity index (χ2n) is 1.89. The van der Waals surface area contributed by atoms with E-state index in [0.717, 1.165) is 5.46 Å². The van der Waals surface area contributed by atoms with Gasteiger partial charge in [0.1, 0.15) is 5.75 Å². The Balaban J connectivity index is 2.87. The summed E-state index contributed by atoms with van der Waals surface area (Å²) in [6, 6.07) is 1.74. The van der Waals surface area contributed by atoms with E-state index >= 15 is 0 Å². The summed E-state index contributed by atoms with van der Waals surface area (Å²) >= 11 is 0. The molecular weight excluding hydrogens is 129 g/mol. The Hall–Kier alpha value is -1.03. The van der Waals surface area contributed by atoms with Crippen molar-refractivity contribution in [3.8, 4) is 5.75 Å². The zero-order valence-electron chi connectivity index (χ0n) is 5.74. The highest BCUT2D eigenvalue weighted by Gasteiger charge is 1.94. The summed E-state index contributed by atoms with van der Waals surface area (Å²) in [5.74, 6) is 0.673. The van der Waals surface area contributed by atoms with Gasteiger partial charge >= 0.3 is 7.48 Å². The lowest BCUT2D eigenvalue weighted by molar-refractivity contribution is 0.413. The lowest BCUT2D eigenvalue weighted by Gasteiger charge is -1.98. The molecule has 0 saturated carbocycles. The topological polar surface area (TPSA) is 42.4 Å². The van der Waals surface area contributed by atoms with Crippen LogP contribution in [-0.4, -0.2) is 24.6 Å². The summed E-state index contributed by atoms with van der Waals surface area (Å²) in [6.45, 7) is 0. The van der Waals surface area contributed by atoms with Gasteiger partial charge in [-0.1, -0.05) is 0 Å². The molecule has 0 aliphatic rings. The highest BCUT2D eigenvalue weighted by molar-refractivity contribution is 6.45. The summed E-state index contributed by atoms with van der Waals surface area (Å²) < 4.78 is 4.88. The van der Waals surface area contributed by atoms with Crippen molar-refractivity contribution in [1.82, 2.24) is 4.98 Å². The van der Waals surface area contributed by atoms with Crippen LogP contribution < -0.4 is 10.2 Å². The molecule has 0 spiro atoms. The van der Waals surface area contributed by atoms with E-state index in [2.05, 4.69) is 4.98 Å². The van der Waals surface area contributed by atoms with Crippen LogP contribution in [-0.2, 0) is 0 Å². The largest absolute Gasteiger partial charge is 0.495 e. The molecule has 0 amide bonds. The van der Waals surface area contributed by atoms with Gasteiger partial charge in [-0.15, -0.1) is 0 Å². The van der Waals surface area contributed by atoms with Gasteiger partial charge in [-0.25, -0.2) is 0 Å². The predicted octanol–water partition coefficient (Wildman–Crippen LogP) is -0.941. The Kier molecular flexibility index (Phi) is 2.28. The average molecular weight is 137 g/mol. The van der Waals surface area contributed by atoms with Crippen LogP contribution in [0.5, 0.6) is 5.75 Å². The molecule has 0 aliphatic heterocycles. The summed E-state index contributed by atoms with van der Waals surface area (Å²) in [4.78, 5) is 3.84. The SMILES string of the molecule is COc1cncc(BO)c1. The standard InChI is InChI=1S/C6H8BNO2/c1-10-6-2-5(7-9)3-8-4-6/h2-4,7,9H,1H3. The first-order valence-corrected chi connectivity index (χ1v) is 2.95. The van der Waals surface area contributed by atoms with Crippen molar-refractivity contribution in [3.63, 3.8) is 0 Å². The normalized spacial score (nSPS) is 9.00. The third-order valence-electron chi connectivity index (χ3n) is 1.19. The molecule has 1 aromatic heterocycles. The lowest BCUT2D eigenvalue weighted by atomic mass is 9.91. The summed E-state index contributed by atoms with van der Waals surface area (Å²) in [6.07, 6.45) is 3.20. The molecule has 0 atom stereocenters. The maximum atomic E-state index is 8.66. The second-order valence-corrected chi connectivity index (χ2v) is 1.89. The van der Waals surface area contributed by atoms with Crippen LogP contribution in [0, 0.1) is 0 Å². The molecule has 0 radical (unpaired) electrons. The summed E-state index contributed by atoms with van der Waals surface area (Å²) in [5, 5.41) is 8.66. The minimum absolute atomic E-state index is 0.00417. The van der Waals surface area contributed by atoms with E-state index in [1.54, 1.807) is 25.6 Å². The van der Waals surface area contributed by atoms with Crippen molar-refractivity contribution in [2.45, 2.75) is 0 Å². The fourth-order valence-electron chi connectivity index (χ4n) is 0.662. The Morgan fingerprint density at radius 3 is 3.00 bits per heavy atom. The molecule has 0 fully saturated rings. The highest BCUT2D eigenvalue weighted by atomic mass is 16.5. The van der Waals surface area contributed by atoms with E-state index in [1.165, 1.54) is 0 Å². The molecule has 0 aromatic carbocycles. The average Bonchev–Trinajstić information content (AvgIpc) is 2.05. The predicted molar refractivity (Wildman–Crippen MR) is 39.8 cm³/mol. The van der Waals surface area contributed by atoms with Crippen LogP contribution >= 0.6 is 0 Å².